The van der Waals surface area contributed by atoms with Crippen LogP contribution in [0.5, 0.6) is 5.75 Å². The molecule has 0 bridgehead atoms. The average molecular weight is 280 g/mol. The molecule has 2 N–H and O–H groups in total. The Morgan fingerprint density at radius 1 is 1.20 bits per heavy atom. The Morgan fingerprint density at radius 2 is 1.70 bits per heavy atom. The van der Waals surface area contributed by atoms with E-state index in [1.807, 2.05) is 19.9 Å². The van der Waals surface area contributed by atoms with E-state index in [1.165, 1.54) is 6.08 Å². The minimum Gasteiger partial charge on any atom is -0.508 e. The van der Waals surface area contributed by atoms with Gasteiger partial charge in [-0.1, -0.05) is 52.5 Å². The molecule has 0 saturated heterocycles. The number of rotatable bonds is 4. The van der Waals surface area contributed by atoms with E-state index in [4.69, 9.17) is 10.2 Å². The largest absolute Gasteiger partial charge is 0.508 e. The highest BCUT2D eigenvalue weighted by Crippen LogP contribution is 2.02. The van der Waals surface area contributed by atoms with Crippen molar-refractivity contribution in [1.82, 2.24) is 0 Å². The van der Waals surface area contributed by atoms with E-state index in [1.54, 1.807) is 24.3 Å². The van der Waals surface area contributed by atoms with Gasteiger partial charge < -0.3 is 10.2 Å². The summed E-state index contributed by atoms with van der Waals surface area (Å²) in [5.41, 5.74) is 0. The summed E-state index contributed by atoms with van der Waals surface area (Å²) in [6, 6.07) is 8.71. The lowest BCUT2D eigenvalue weighted by atomic mass is 10.1. The number of para-hydroxylation sites is 1. The van der Waals surface area contributed by atoms with Crippen molar-refractivity contribution in [3.05, 3.63) is 43.0 Å². The molecule has 3 nitrogen and oxygen atoms in total. The van der Waals surface area contributed by atoms with Crippen molar-refractivity contribution in [3.8, 4) is 5.75 Å². The quantitative estimate of drug-likeness (QED) is 0.824. The van der Waals surface area contributed by atoms with Crippen LogP contribution in [-0.4, -0.2) is 22.6 Å². The maximum atomic E-state index is 10.4. The summed E-state index contributed by atoms with van der Waals surface area (Å²) in [6.45, 7) is 11.6. The number of phenols is 1. The van der Waals surface area contributed by atoms with E-state index in [-0.39, 0.29) is 11.7 Å². The molecule has 0 radical (unpaired) electrons. The first kappa shape index (κ1) is 20.7. The van der Waals surface area contributed by atoms with E-state index in [2.05, 4.69) is 20.4 Å². The van der Waals surface area contributed by atoms with Crippen LogP contribution in [0.1, 0.15) is 34.1 Å². The second-order valence-corrected chi connectivity index (χ2v) is 5.00. The number of phenolic OH excluding ortho intramolecular Hbond substituents is 1. The van der Waals surface area contributed by atoms with Crippen molar-refractivity contribution in [2.45, 2.75) is 34.1 Å². The Kier molecular flexibility index (Phi) is 14.3. The van der Waals surface area contributed by atoms with Gasteiger partial charge in [-0.25, -0.2) is 0 Å². The van der Waals surface area contributed by atoms with Gasteiger partial charge in [-0.05, 0) is 30.5 Å². The molecule has 114 valence electrons. The zero-order chi connectivity index (χ0) is 16.0. The monoisotopic (exact) mass is 280 g/mol. The standard InChI is InChI=1S/C6H6O.C6H10O.C5H12O/c7-6-4-2-1-3-5-6;1-4-6(7)5(2)3;1-5(2)3-4-6/h1-5,7H;4-5H,1H2,2-3H3;5-6H,3-4H2,1-2H3. The van der Waals surface area contributed by atoms with E-state index in [9.17, 15) is 4.79 Å². The molecule has 0 aliphatic carbocycles. The summed E-state index contributed by atoms with van der Waals surface area (Å²) in [4.78, 5) is 10.4. The van der Waals surface area contributed by atoms with Gasteiger partial charge in [0.2, 0.25) is 0 Å². The van der Waals surface area contributed by atoms with Gasteiger partial charge in [0.1, 0.15) is 5.75 Å². The van der Waals surface area contributed by atoms with Crippen molar-refractivity contribution in [2.24, 2.45) is 11.8 Å². The summed E-state index contributed by atoms with van der Waals surface area (Å²) in [5.74, 6) is 1.19. The molecule has 3 heteroatoms. The van der Waals surface area contributed by atoms with Gasteiger partial charge in [0.05, 0.1) is 0 Å². The number of allylic oxidation sites excluding steroid dienone is 1. The van der Waals surface area contributed by atoms with Crippen LogP contribution >= 0.6 is 0 Å². The van der Waals surface area contributed by atoms with Crippen molar-refractivity contribution in [3.63, 3.8) is 0 Å². The van der Waals surface area contributed by atoms with E-state index >= 15 is 0 Å². The van der Waals surface area contributed by atoms with Gasteiger partial charge in [0.15, 0.2) is 5.78 Å². The van der Waals surface area contributed by atoms with Gasteiger partial charge in [0, 0.05) is 12.5 Å². The second kappa shape index (κ2) is 13.8. The van der Waals surface area contributed by atoms with E-state index in [0.717, 1.165) is 6.42 Å². The molecule has 0 amide bonds. The Balaban J connectivity index is 0. The van der Waals surface area contributed by atoms with Crippen LogP contribution in [0.4, 0.5) is 0 Å². The van der Waals surface area contributed by atoms with Crippen LogP contribution in [0.3, 0.4) is 0 Å². The van der Waals surface area contributed by atoms with Crippen molar-refractivity contribution < 1.29 is 15.0 Å². The normalized spacial score (nSPS) is 9.15. The van der Waals surface area contributed by atoms with Crippen LogP contribution < -0.4 is 0 Å². The molecule has 1 aromatic rings. The molecule has 0 aliphatic rings. The maximum absolute atomic E-state index is 10.4. The highest BCUT2D eigenvalue weighted by molar-refractivity contribution is 5.90. The number of aliphatic hydroxyl groups is 1. The fraction of sp³-hybridized carbons (Fsp3) is 0.471. The SMILES string of the molecule is C=CC(=O)C(C)C.CC(C)CCO.Oc1ccccc1. The zero-order valence-electron chi connectivity index (χ0n) is 13.0. The predicted molar refractivity (Wildman–Crippen MR) is 84.7 cm³/mol. The lowest BCUT2D eigenvalue weighted by molar-refractivity contribution is -0.117. The van der Waals surface area contributed by atoms with Gasteiger partial charge in [-0.3, -0.25) is 4.79 Å². The summed E-state index contributed by atoms with van der Waals surface area (Å²) in [5, 5.41) is 16.9. The Labute approximate surface area is 123 Å². The molecule has 0 fully saturated rings. The van der Waals surface area contributed by atoms with Crippen molar-refractivity contribution in [2.75, 3.05) is 6.61 Å². The van der Waals surface area contributed by atoms with E-state index in [0.29, 0.717) is 18.3 Å². The fourth-order valence-corrected chi connectivity index (χ4v) is 0.922. The van der Waals surface area contributed by atoms with Gasteiger partial charge >= 0.3 is 0 Å². The smallest absolute Gasteiger partial charge is 0.157 e. The highest BCUT2D eigenvalue weighted by Gasteiger charge is 1.98. The Hall–Kier alpha value is -1.61. The molecule has 0 spiro atoms. The minimum atomic E-state index is 0.109. The molecule has 0 unspecified atom stereocenters. The third kappa shape index (κ3) is 16.4. The van der Waals surface area contributed by atoms with Crippen LogP contribution in [0, 0.1) is 11.8 Å². The van der Waals surface area contributed by atoms with E-state index < -0.39 is 0 Å². The molecule has 1 aromatic carbocycles. The zero-order valence-corrected chi connectivity index (χ0v) is 13.0. The number of hydrogen-bond acceptors (Lipinski definition) is 3. The first-order valence-corrected chi connectivity index (χ1v) is 6.86. The molecular weight excluding hydrogens is 252 g/mol. The molecular formula is C17H28O3. The lowest BCUT2D eigenvalue weighted by Crippen LogP contribution is -2.00. The molecule has 0 atom stereocenters. The second-order valence-electron chi connectivity index (χ2n) is 5.00. The van der Waals surface area contributed by atoms with Crippen LogP contribution in [-0.2, 0) is 4.79 Å². The molecule has 0 aliphatic heterocycles. The van der Waals surface area contributed by atoms with Crippen LogP contribution in [0.25, 0.3) is 0 Å². The number of carbonyl (C=O) groups excluding carboxylic acids is 1. The third-order valence-electron chi connectivity index (χ3n) is 2.23. The third-order valence-corrected chi connectivity index (χ3v) is 2.23. The molecule has 0 saturated carbocycles. The first-order chi connectivity index (χ1) is 9.34. The average Bonchev–Trinajstić information content (AvgIpc) is 2.39. The molecule has 0 heterocycles. The number of benzene rings is 1. The minimum absolute atomic E-state index is 0.109. The number of carbonyl (C=O) groups is 1. The Bertz CT molecular complexity index is 343. The molecule has 0 aromatic heterocycles. The summed E-state index contributed by atoms with van der Waals surface area (Å²) in [7, 11) is 0. The maximum Gasteiger partial charge on any atom is 0.157 e. The van der Waals surface area contributed by atoms with Crippen molar-refractivity contribution >= 4 is 5.78 Å². The Morgan fingerprint density at radius 3 is 1.80 bits per heavy atom. The molecule has 20 heavy (non-hydrogen) atoms. The number of hydrogen-bond donors (Lipinski definition) is 2. The predicted octanol–water partition coefficient (Wildman–Crippen LogP) is 3.81. The van der Waals surface area contributed by atoms with Gasteiger partial charge in [0.25, 0.3) is 0 Å². The summed E-state index contributed by atoms with van der Waals surface area (Å²) in [6.07, 6.45) is 2.28. The fourth-order valence-electron chi connectivity index (χ4n) is 0.922. The lowest BCUT2D eigenvalue weighted by Gasteiger charge is -1.95. The summed E-state index contributed by atoms with van der Waals surface area (Å²) < 4.78 is 0. The first-order valence-electron chi connectivity index (χ1n) is 6.86. The van der Waals surface area contributed by atoms with Gasteiger partial charge in [-0.2, -0.15) is 0 Å². The number of aliphatic hydroxyl groups excluding tert-OH is 1. The van der Waals surface area contributed by atoms with Crippen LogP contribution in [0.15, 0.2) is 43.0 Å². The summed E-state index contributed by atoms with van der Waals surface area (Å²) >= 11 is 0. The molecule has 1 rings (SSSR count). The van der Waals surface area contributed by atoms with Gasteiger partial charge in [-0.15, -0.1) is 0 Å². The number of aromatic hydroxyl groups is 1. The highest BCUT2D eigenvalue weighted by atomic mass is 16.3. The van der Waals surface area contributed by atoms with Crippen molar-refractivity contribution in [1.29, 1.82) is 0 Å². The van der Waals surface area contributed by atoms with Crippen LogP contribution in [0.2, 0.25) is 0 Å². The number of ketones is 1. The topological polar surface area (TPSA) is 57.5 Å².